The summed E-state index contributed by atoms with van der Waals surface area (Å²) in [6.07, 6.45) is 3.40. The molecular formula is C15H17N5O2S. The van der Waals surface area contributed by atoms with Crippen LogP contribution in [0.1, 0.15) is 16.4 Å². The first-order valence-corrected chi connectivity index (χ1v) is 8.36. The normalized spacial score (nSPS) is 17.3. The Balaban J connectivity index is 1.36. The minimum atomic E-state index is 0.0844. The second-order valence-corrected chi connectivity index (χ2v) is 6.56. The summed E-state index contributed by atoms with van der Waals surface area (Å²) in [5.41, 5.74) is 3.85. The molecule has 3 aromatic rings. The third-order valence-electron chi connectivity index (χ3n) is 3.81. The van der Waals surface area contributed by atoms with Crippen LogP contribution in [0.5, 0.6) is 0 Å². The van der Waals surface area contributed by atoms with Crippen molar-refractivity contribution in [3.63, 3.8) is 0 Å². The van der Waals surface area contributed by atoms with Gasteiger partial charge >= 0.3 is 0 Å². The van der Waals surface area contributed by atoms with Gasteiger partial charge in [0.25, 0.3) is 0 Å². The highest BCUT2D eigenvalue weighted by atomic mass is 32.1. The van der Waals surface area contributed by atoms with E-state index in [1.807, 2.05) is 17.7 Å². The Morgan fingerprint density at radius 3 is 3.22 bits per heavy atom. The predicted octanol–water partition coefficient (Wildman–Crippen LogP) is 1.99. The summed E-state index contributed by atoms with van der Waals surface area (Å²) < 4.78 is 13.0. The lowest BCUT2D eigenvalue weighted by molar-refractivity contribution is 0.00122. The van der Waals surface area contributed by atoms with Crippen LogP contribution in [-0.2, 0) is 24.4 Å². The zero-order chi connectivity index (χ0) is 15.6. The van der Waals surface area contributed by atoms with Crippen LogP contribution < -0.4 is 5.32 Å². The fraction of sp³-hybridized carbons (Fsp3) is 0.400. The molecule has 0 amide bonds. The van der Waals surface area contributed by atoms with Gasteiger partial charge < -0.3 is 14.5 Å². The first kappa shape index (κ1) is 14.6. The van der Waals surface area contributed by atoms with E-state index < -0.39 is 0 Å². The molecule has 3 aromatic heterocycles. The van der Waals surface area contributed by atoms with Crippen LogP contribution in [0.15, 0.2) is 28.4 Å². The van der Waals surface area contributed by atoms with E-state index in [2.05, 4.69) is 26.0 Å². The van der Waals surface area contributed by atoms with Crippen molar-refractivity contribution in [3.8, 4) is 11.3 Å². The molecule has 7 nitrogen and oxygen atoms in total. The number of thiazole rings is 1. The first-order valence-electron chi connectivity index (χ1n) is 7.48. The molecule has 8 heteroatoms. The van der Waals surface area contributed by atoms with Gasteiger partial charge in [0, 0.05) is 24.0 Å². The molecular weight excluding hydrogens is 314 g/mol. The standard InChI is InChI=1S/C15H17N5O2S/c1-10-17-12(9-23-10)4-16-5-13-6-20-14(8-22-13)15(18-19-20)11-2-3-21-7-11/h2-3,7,9,13,16H,4-6,8H2,1H3/t13-/m1/s1. The molecule has 0 radical (unpaired) electrons. The molecule has 0 spiro atoms. The maximum absolute atomic E-state index is 5.93. The maximum atomic E-state index is 5.93. The Hall–Kier alpha value is -2.03. The third-order valence-corrected chi connectivity index (χ3v) is 4.63. The van der Waals surface area contributed by atoms with E-state index in [9.17, 15) is 0 Å². The van der Waals surface area contributed by atoms with Crippen molar-refractivity contribution in [1.82, 2.24) is 25.3 Å². The number of furan rings is 1. The van der Waals surface area contributed by atoms with Gasteiger partial charge in [0.1, 0.15) is 5.69 Å². The zero-order valence-electron chi connectivity index (χ0n) is 12.7. The Bertz CT molecular complexity index is 780. The Morgan fingerprint density at radius 2 is 2.43 bits per heavy atom. The van der Waals surface area contributed by atoms with Crippen molar-refractivity contribution in [2.75, 3.05) is 6.54 Å². The summed E-state index contributed by atoms with van der Waals surface area (Å²) >= 11 is 1.67. The van der Waals surface area contributed by atoms with Crippen LogP contribution in [-0.4, -0.2) is 32.6 Å². The average molecular weight is 331 g/mol. The maximum Gasteiger partial charge on any atom is 0.121 e. The molecule has 1 atom stereocenters. The number of aryl methyl sites for hydroxylation is 1. The summed E-state index contributed by atoms with van der Waals surface area (Å²) in [5, 5.41) is 15.1. The lowest BCUT2D eigenvalue weighted by Crippen LogP contribution is -2.36. The second-order valence-electron chi connectivity index (χ2n) is 5.50. The van der Waals surface area contributed by atoms with Crippen LogP contribution in [0.3, 0.4) is 0 Å². The molecule has 1 N–H and O–H groups in total. The highest BCUT2D eigenvalue weighted by molar-refractivity contribution is 7.09. The summed E-state index contributed by atoms with van der Waals surface area (Å²) in [5.74, 6) is 0. The Labute approximate surface area is 137 Å². The van der Waals surface area contributed by atoms with Crippen molar-refractivity contribution in [2.45, 2.75) is 32.7 Å². The number of ether oxygens (including phenoxy) is 1. The van der Waals surface area contributed by atoms with Gasteiger partial charge in [-0.2, -0.15) is 0 Å². The fourth-order valence-corrected chi connectivity index (χ4v) is 3.27. The van der Waals surface area contributed by atoms with Gasteiger partial charge in [-0.3, -0.25) is 0 Å². The molecule has 1 aliphatic heterocycles. The highest BCUT2D eigenvalue weighted by Gasteiger charge is 2.24. The zero-order valence-corrected chi connectivity index (χ0v) is 13.5. The van der Waals surface area contributed by atoms with Gasteiger partial charge in [0.05, 0.1) is 48.2 Å². The van der Waals surface area contributed by atoms with Crippen LogP contribution in [0.4, 0.5) is 0 Å². The lowest BCUT2D eigenvalue weighted by atomic mass is 10.2. The van der Waals surface area contributed by atoms with Crippen molar-refractivity contribution in [3.05, 3.63) is 40.4 Å². The largest absolute Gasteiger partial charge is 0.472 e. The van der Waals surface area contributed by atoms with Crippen LogP contribution >= 0.6 is 11.3 Å². The van der Waals surface area contributed by atoms with E-state index in [0.29, 0.717) is 13.2 Å². The van der Waals surface area contributed by atoms with Crippen molar-refractivity contribution in [1.29, 1.82) is 0 Å². The summed E-state index contributed by atoms with van der Waals surface area (Å²) in [7, 11) is 0. The van der Waals surface area contributed by atoms with E-state index >= 15 is 0 Å². The molecule has 0 aliphatic carbocycles. The van der Waals surface area contributed by atoms with Gasteiger partial charge in [-0.25, -0.2) is 9.67 Å². The summed E-state index contributed by atoms with van der Waals surface area (Å²) in [4.78, 5) is 4.44. The van der Waals surface area contributed by atoms with Gasteiger partial charge in [-0.15, -0.1) is 16.4 Å². The Kier molecular flexibility index (Phi) is 3.94. The molecule has 4 heterocycles. The minimum Gasteiger partial charge on any atom is -0.472 e. The number of hydrogen-bond acceptors (Lipinski definition) is 7. The molecule has 0 saturated carbocycles. The summed E-state index contributed by atoms with van der Waals surface area (Å²) in [6, 6.07) is 1.88. The number of fused-ring (bicyclic) bond motifs is 1. The SMILES string of the molecule is Cc1nc(CNC[C@@H]2Cn3nnc(-c4ccoc4)c3CO2)cs1. The first-order chi connectivity index (χ1) is 11.3. The smallest absolute Gasteiger partial charge is 0.121 e. The van der Waals surface area contributed by atoms with Crippen molar-refractivity contribution in [2.24, 2.45) is 0 Å². The fourth-order valence-electron chi connectivity index (χ4n) is 2.66. The lowest BCUT2D eigenvalue weighted by Gasteiger charge is -2.24. The van der Waals surface area contributed by atoms with E-state index in [4.69, 9.17) is 9.15 Å². The van der Waals surface area contributed by atoms with E-state index in [1.165, 1.54) is 0 Å². The molecule has 120 valence electrons. The van der Waals surface area contributed by atoms with Gasteiger partial charge in [-0.05, 0) is 13.0 Å². The quantitative estimate of drug-likeness (QED) is 0.770. The summed E-state index contributed by atoms with van der Waals surface area (Å²) in [6.45, 7) is 4.74. The highest BCUT2D eigenvalue weighted by Crippen LogP contribution is 2.25. The van der Waals surface area contributed by atoms with E-state index in [0.717, 1.165) is 40.7 Å². The van der Waals surface area contributed by atoms with Crippen LogP contribution in [0.25, 0.3) is 11.3 Å². The van der Waals surface area contributed by atoms with Gasteiger partial charge in [0.15, 0.2) is 0 Å². The molecule has 0 bridgehead atoms. The van der Waals surface area contributed by atoms with Gasteiger partial charge in [0.2, 0.25) is 0 Å². The molecule has 0 fully saturated rings. The molecule has 1 aliphatic rings. The van der Waals surface area contributed by atoms with E-state index in [1.54, 1.807) is 23.9 Å². The Morgan fingerprint density at radius 1 is 1.48 bits per heavy atom. The number of nitrogens with zero attached hydrogens (tertiary/aromatic N) is 4. The number of hydrogen-bond donors (Lipinski definition) is 1. The molecule has 4 rings (SSSR count). The predicted molar refractivity (Wildman–Crippen MR) is 84.9 cm³/mol. The van der Waals surface area contributed by atoms with Crippen LogP contribution in [0.2, 0.25) is 0 Å². The van der Waals surface area contributed by atoms with Gasteiger partial charge in [-0.1, -0.05) is 5.21 Å². The van der Waals surface area contributed by atoms with Crippen LogP contribution in [0, 0.1) is 6.92 Å². The van der Waals surface area contributed by atoms with E-state index in [-0.39, 0.29) is 6.10 Å². The monoisotopic (exact) mass is 331 g/mol. The number of rotatable bonds is 5. The topological polar surface area (TPSA) is 78.0 Å². The van der Waals surface area contributed by atoms with Crippen molar-refractivity contribution < 1.29 is 9.15 Å². The number of nitrogens with one attached hydrogen (secondary N) is 1. The second kappa shape index (κ2) is 6.23. The molecule has 23 heavy (non-hydrogen) atoms. The molecule has 0 unspecified atom stereocenters. The molecule has 0 saturated heterocycles. The molecule has 0 aromatic carbocycles. The average Bonchev–Trinajstić information content (AvgIpc) is 3.27. The minimum absolute atomic E-state index is 0.0844. The third kappa shape index (κ3) is 3.05. The van der Waals surface area contributed by atoms with Crippen molar-refractivity contribution >= 4 is 11.3 Å². The number of aromatic nitrogens is 4.